The lowest BCUT2D eigenvalue weighted by molar-refractivity contribution is -0.188. The maximum absolute atomic E-state index is 15.3. The SMILES string of the molecule is CC(=O)O[C@]1(C(C)=O)CC[C@@H]2[C@@H]3C[C@H](F)C4=CC(=O)CC[C@]4(C)[C@H]3CC[C@@]21C. The standard InChI is InChI=1S/C23H31FO4/c1-13(25)23(28-14(2)26)10-7-18-16-12-20(24)19-11-15(27)5-8-21(19,3)17(16)6-9-22(18,23)4/h11,16-18,20H,5-10,12H2,1-4H3/t16-,17+,18-,20+,21-,22+,23+/m1/s1. The summed E-state index contributed by atoms with van der Waals surface area (Å²) in [4.78, 5) is 36.5. The molecule has 0 N–H and O–H groups in total. The second-order valence-electron chi connectivity index (χ2n) is 10.0. The summed E-state index contributed by atoms with van der Waals surface area (Å²) >= 11 is 0. The van der Waals surface area contributed by atoms with Gasteiger partial charge in [0.15, 0.2) is 17.2 Å². The van der Waals surface area contributed by atoms with Gasteiger partial charge in [-0.15, -0.1) is 0 Å². The highest BCUT2D eigenvalue weighted by Gasteiger charge is 2.68. The summed E-state index contributed by atoms with van der Waals surface area (Å²) in [5.41, 5.74) is -1.11. The molecule has 0 aromatic rings. The van der Waals surface area contributed by atoms with Crippen molar-refractivity contribution in [2.45, 2.75) is 84.4 Å². The van der Waals surface area contributed by atoms with Gasteiger partial charge in [0.25, 0.3) is 0 Å². The number of alkyl halides is 1. The summed E-state index contributed by atoms with van der Waals surface area (Å²) in [6, 6.07) is 0. The second kappa shape index (κ2) is 6.24. The van der Waals surface area contributed by atoms with Crippen molar-refractivity contribution < 1.29 is 23.5 Å². The van der Waals surface area contributed by atoms with Gasteiger partial charge in [0.1, 0.15) is 6.17 Å². The van der Waals surface area contributed by atoms with Crippen molar-refractivity contribution in [3.05, 3.63) is 11.6 Å². The Kier molecular flexibility index (Phi) is 4.41. The first-order valence-corrected chi connectivity index (χ1v) is 10.6. The highest BCUT2D eigenvalue weighted by molar-refractivity contribution is 5.92. The number of halogens is 1. The molecule has 0 unspecified atom stereocenters. The molecule has 0 saturated heterocycles. The zero-order valence-corrected chi connectivity index (χ0v) is 17.3. The number of carbonyl (C=O) groups is 3. The van der Waals surface area contributed by atoms with Crippen LogP contribution in [0.1, 0.15) is 72.6 Å². The van der Waals surface area contributed by atoms with Crippen LogP contribution >= 0.6 is 0 Å². The van der Waals surface area contributed by atoms with Crippen LogP contribution in [0.5, 0.6) is 0 Å². The van der Waals surface area contributed by atoms with E-state index in [1.807, 2.05) is 0 Å². The largest absolute Gasteiger partial charge is 0.451 e. The Hall–Kier alpha value is -1.52. The molecule has 0 aromatic carbocycles. The lowest BCUT2D eigenvalue weighted by atomic mass is 9.46. The monoisotopic (exact) mass is 390 g/mol. The van der Waals surface area contributed by atoms with Crippen LogP contribution in [0.4, 0.5) is 4.39 Å². The van der Waals surface area contributed by atoms with Crippen LogP contribution in [0.2, 0.25) is 0 Å². The number of Topliss-reactive ketones (excluding diaryl/α,β-unsaturated/α-hetero) is 1. The molecule has 3 saturated carbocycles. The molecule has 0 spiro atoms. The fourth-order valence-corrected chi connectivity index (χ4v) is 7.62. The molecule has 0 radical (unpaired) electrons. The van der Waals surface area contributed by atoms with Crippen molar-refractivity contribution in [1.29, 1.82) is 0 Å². The minimum Gasteiger partial charge on any atom is -0.451 e. The fourth-order valence-electron chi connectivity index (χ4n) is 7.62. The minimum atomic E-state index is -1.10. The molecule has 0 heterocycles. The van der Waals surface area contributed by atoms with Gasteiger partial charge in [-0.1, -0.05) is 13.8 Å². The molecule has 7 atom stereocenters. The van der Waals surface area contributed by atoms with Crippen LogP contribution in [0.3, 0.4) is 0 Å². The van der Waals surface area contributed by atoms with Crippen molar-refractivity contribution >= 4 is 17.5 Å². The number of hydrogen-bond acceptors (Lipinski definition) is 4. The van der Waals surface area contributed by atoms with Crippen molar-refractivity contribution in [1.82, 2.24) is 0 Å². The van der Waals surface area contributed by atoms with E-state index in [9.17, 15) is 14.4 Å². The van der Waals surface area contributed by atoms with Gasteiger partial charge in [-0.05, 0) is 80.3 Å². The van der Waals surface area contributed by atoms with E-state index in [1.54, 1.807) is 6.08 Å². The summed E-state index contributed by atoms with van der Waals surface area (Å²) in [6.45, 7) is 7.10. The molecule has 0 aliphatic heterocycles. The summed E-state index contributed by atoms with van der Waals surface area (Å²) in [7, 11) is 0. The first-order chi connectivity index (χ1) is 13.0. The number of ketones is 2. The van der Waals surface area contributed by atoms with Crippen LogP contribution in [0.15, 0.2) is 11.6 Å². The minimum absolute atomic E-state index is 0.0422. The molecule has 0 amide bonds. The number of esters is 1. The van der Waals surface area contributed by atoms with Gasteiger partial charge < -0.3 is 4.74 Å². The second-order valence-corrected chi connectivity index (χ2v) is 10.0. The third kappa shape index (κ3) is 2.43. The molecule has 4 aliphatic rings. The zero-order chi connectivity index (χ0) is 20.5. The Morgan fingerprint density at radius 1 is 1.11 bits per heavy atom. The Labute approximate surface area is 166 Å². The molecule has 3 fully saturated rings. The van der Waals surface area contributed by atoms with Crippen LogP contribution in [0, 0.1) is 28.6 Å². The normalized spacial score (nSPS) is 47.5. The highest BCUT2D eigenvalue weighted by atomic mass is 19.1. The maximum Gasteiger partial charge on any atom is 0.303 e. The van der Waals surface area contributed by atoms with Gasteiger partial charge >= 0.3 is 5.97 Å². The van der Waals surface area contributed by atoms with Crippen LogP contribution in [-0.4, -0.2) is 29.3 Å². The molecule has 28 heavy (non-hydrogen) atoms. The molecule has 4 rings (SSSR count). The maximum atomic E-state index is 15.3. The lowest BCUT2D eigenvalue weighted by Gasteiger charge is -2.59. The van der Waals surface area contributed by atoms with E-state index < -0.39 is 23.2 Å². The Morgan fingerprint density at radius 3 is 2.43 bits per heavy atom. The van der Waals surface area contributed by atoms with Gasteiger partial charge in [0.05, 0.1) is 0 Å². The average Bonchev–Trinajstić information content (AvgIpc) is 2.90. The summed E-state index contributed by atoms with van der Waals surface area (Å²) in [6.07, 6.45) is 5.07. The summed E-state index contributed by atoms with van der Waals surface area (Å²) in [5, 5.41) is 0. The van der Waals surface area contributed by atoms with Gasteiger partial charge in [0, 0.05) is 18.8 Å². The smallest absolute Gasteiger partial charge is 0.303 e. The number of hydrogen-bond donors (Lipinski definition) is 0. The van der Waals surface area contributed by atoms with Crippen LogP contribution < -0.4 is 0 Å². The van der Waals surface area contributed by atoms with Crippen molar-refractivity contribution in [2.75, 3.05) is 0 Å². The van der Waals surface area contributed by atoms with E-state index in [1.165, 1.54) is 13.8 Å². The fraction of sp³-hybridized carbons (Fsp3) is 0.783. The number of rotatable bonds is 2. The highest BCUT2D eigenvalue weighted by Crippen LogP contribution is 2.68. The lowest BCUT2D eigenvalue weighted by Crippen LogP contribution is -2.59. The molecule has 0 bridgehead atoms. The van der Waals surface area contributed by atoms with Crippen LogP contribution in [0.25, 0.3) is 0 Å². The topological polar surface area (TPSA) is 60.4 Å². The average molecular weight is 390 g/mol. The van der Waals surface area contributed by atoms with Crippen molar-refractivity contribution in [3.8, 4) is 0 Å². The quantitative estimate of drug-likeness (QED) is 0.658. The van der Waals surface area contributed by atoms with E-state index in [2.05, 4.69) is 13.8 Å². The van der Waals surface area contributed by atoms with E-state index in [-0.39, 0.29) is 28.8 Å². The third-order valence-corrected chi connectivity index (χ3v) is 8.94. The summed E-state index contributed by atoms with van der Waals surface area (Å²) < 4.78 is 21.0. The first kappa shape index (κ1) is 19.8. The summed E-state index contributed by atoms with van der Waals surface area (Å²) in [5.74, 6) is 0.158. The van der Waals surface area contributed by atoms with E-state index >= 15 is 4.39 Å². The van der Waals surface area contributed by atoms with Crippen molar-refractivity contribution in [2.24, 2.45) is 28.6 Å². The van der Waals surface area contributed by atoms with Crippen molar-refractivity contribution in [3.63, 3.8) is 0 Å². The zero-order valence-electron chi connectivity index (χ0n) is 17.3. The third-order valence-electron chi connectivity index (χ3n) is 8.94. The molecule has 154 valence electrons. The van der Waals surface area contributed by atoms with Crippen LogP contribution in [-0.2, 0) is 19.1 Å². The first-order valence-electron chi connectivity index (χ1n) is 10.6. The molecule has 0 aromatic heterocycles. The molecule has 4 nitrogen and oxygen atoms in total. The molecule has 4 aliphatic carbocycles. The van der Waals surface area contributed by atoms with Gasteiger partial charge in [0.2, 0.25) is 0 Å². The molecular formula is C23H31FO4. The van der Waals surface area contributed by atoms with E-state index in [0.29, 0.717) is 37.2 Å². The number of allylic oxidation sites excluding steroid dienone is 1. The Bertz CT molecular complexity index is 773. The number of ether oxygens (including phenoxy) is 1. The predicted molar refractivity (Wildman–Crippen MR) is 102 cm³/mol. The Balaban J connectivity index is 1.73. The van der Waals surface area contributed by atoms with E-state index in [0.717, 1.165) is 19.3 Å². The van der Waals surface area contributed by atoms with Gasteiger partial charge in [-0.3, -0.25) is 14.4 Å². The molecule has 5 heteroatoms. The molecular weight excluding hydrogens is 359 g/mol. The number of carbonyl (C=O) groups excluding carboxylic acids is 3. The van der Waals surface area contributed by atoms with Gasteiger partial charge in [-0.25, -0.2) is 4.39 Å². The Morgan fingerprint density at radius 2 is 1.79 bits per heavy atom. The number of fused-ring (bicyclic) bond motifs is 5. The van der Waals surface area contributed by atoms with Gasteiger partial charge in [-0.2, -0.15) is 0 Å². The predicted octanol–water partition coefficient (Wildman–Crippen LogP) is 4.36. The van der Waals surface area contributed by atoms with E-state index in [4.69, 9.17) is 4.74 Å².